The molecule has 1 heterocycles. The normalized spacial score (nSPS) is 11.8. The highest BCUT2D eigenvalue weighted by Gasteiger charge is 2.18. The quantitative estimate of drug-likeness (QED) is 0.547. The van der Waals surface area contributed by atoms with Crippen LogP contribution in [-0.2, 0) is 6.61 Å². The molecule has 7 heteroatoms. The lowest BCUT2D eigenvalue weighted by molar-refractivity contribution is 0.262. The zero-order valence-electron chi connectivity index (χ0n) is 18.6. The van der Waals surface area contributed by atoms with Crippen molar-refractivity contribution in [3.63, 3.8) is 0 Å². The monoisotopic (exact) mass is 420 g/mol. The van der Waals surface area contributed by atoms with Gasteiger partial charge in [-0.1, -0.05) is 29.8 Å². The predicted molar refractivity (Wildman–Crippen MR) is 119 cm³/mol. The molecule has 0 bridgehead atoms. The third kappa shape index (κ3) is 5.56. The van der Waals surface area contributed by atoms with Gasteiger partial charge in [-0.3, -0.25) is 0 Å². The zero-order chi connectivity index (χ0) is 22.4. The van der Waals surface area contributed by atoms with Gasteiger partial charge in [0, 0.05) is 6.54 Å². The van der Waals surface area contributed by atoms with Gasteiger partial charge < -0.3 is 24.1 Å². The number of aromatic nitrogens is 1. The Balaban J connectivity index is 1.69. The summed E-state index contributed by atoms with van der Waals surface area (Å²) in [5.74, 6) is 2.28. The number of nitrogens with one attached hydrogen (secondary N) is 1. The second-order valence-corrected chi connectivity index (χ2v) is 7.59. The first-order valence-electron chi connectivity index (χ1n) is 10.1. The van der Waals surface area contributed by atoms with E-state index < -0.39 is 0 Å². The third-order valence-corrected chi connectivity index (χ3v) is 5.04. The number of anilines is 1. The third-order valence-electron chi connectivity index (χ3n) is 5.04. The molecule has 1 aromatic heterocycles. The molecule has 7 nitrogen and oxygen atoms in total. The summed E-state index contributed by atoms with van der Waals surface area (Å²) in [7, 11) is 5.66. The Morgan fingerprint density at radius 3 is 2.52 bits per heavy atom. The molecule has 0 amide bonds. The Bertz CT molecular complexity index is 1050. The van der Waals surface area contributed by atoms with Crippen LogP contribution in [0.15, 0.2) is 46.9 Å². The number of hydrogen-bond donors (Lipinski definition) is 1. The number of nitrogens with zero attached hydrogens (tertiary/aromatic N) is 3. The second kappa shape index (κ2) is 10.0. The highest BCUT2D eigenvalue weighted by atomic mass is 16.5. The average Bonchev–Trinajstić information content (AvgIpc) is 3.15. The first-order valence-corrected chi connectivity index (χ1v) is 10.1. The van der Waals surface area contributed by atoms with Gasteiger partial charge in [0.15, 0.2) is 6.61 Å². The standard InChI is InChI=1S/C24H28N4O3/c1-16-6-11-22(17(2)12-16)30-15-23-27-20(13-25)24(31-23)26-14-21(28(3)4)18-7-9-19(29-5)10-8-18/h6-12,21,26H,14-15H2,1-5H3/t21-/m1/s1. The molecule has 31 heavy (non-hydrogen) atoms. The Hall–Kier alpha value is -3.50. The summed E-state index contributed by atoms with van der Waals surface area (Å²) >= 11 is 0. The van der Waals surface area contributed by atoms with Gasteiger partial charge in [0.1, 0.15) is 17.6 Å². The van der Waals surface area contributed by atoms with E-state index in [9.17, 15) is 5.26 Å². The van der Waals surface area contributed by atoms with Crippen molar-refractivity contribution in [1.82, 2.24) is 9.88 Å². The predicted octanol–water partition coefficient (Wildman–Crippen LogP) is 4.47. The van der Waals surface area contributed by atoms with Crippen molar-refractivity contribution in [2.45, 2.75) is 26.5 Å². The van der Waals surface area contributed by atoms with Gasteiger partial charge in [-0.2, -0.15) is 10.2 Å². The van der Waals surface area contributed by atoms with Crippen molar-refractivity contribution in [3.8, 4) is 17.6 Å². The number of rotatable bonds is 9. The van der Waals surface area contributed by atoms with Crippen molar-refractivity contribution in [3.05, 3.63) is 70.7 Å². The van der Waals surface area contributed by atoms with Crippen LogP contribution in [0.25, 0.3) is 0 Å². The summed E-state index contributed by atoms with van der Waals surface area (Å²) in [6.45, 7) is 4.72. The van der Waals surface area contributed by atoms with Crippen LogP contribution in [0.4, 0.5) is 5.88 Å². The summed E-state index contributed by atoms with van der Waals surface area (Å²) < 4.78 is 16.9. The maximum absolute atomic E-state index is 9.46. The van der Waals surface area contributed by atoms with E-state index in [0.717, 1.165) is 22.6 Å². The fourth-order valence-corrected chi connectivity index (χ4v) is 3.34. The van der Waals surface area contributed by atoms with Crippen LogP contribution in [0.1, 0.15) is 34.3 Å². The van der Waals surface area contributed by atoms with E-state index in [4.69, 9.17) is 13.9 Å². The van der Waals surface area contributed by atoms with E-state index in [1.54, 1.807) is 7.11 Å². The Labute approximate surface area is 183 Å². The SMILES string of the molecule is COc1ccc([C@@H](CNc2oc(COc3ccc(C)cc3C)nc2C#N)N(C)C)cc1. The molecule has 1 N–H and O–H groups in total. The number of hydrogen-bond acceptors (Lipinski definition) is 7. The number of benzene rings is 2. The largest absolute Gasteiger partial charge is 0.497 e. The number of nitriles is 1. The first kappa shape index (κ1) is 22.2. The van der Waals surface area contributed by atoms with Crippen LogP contribution in [0.3, 0.4) is 0 Å². The topological polar surface area (TPSA) is 83.5 Å². The van der Waals surface area contributed by atoms with Gasteiger partial charge in [-0.25, -0.2) is 0 Å². The summed E-state index contributed by atoms with van der Waals surface area (Å²) in [4.78, 5) is 6.36. The van der Waals surface area contributed by atoms with E-state index in [-0.39, 0.29) is 18.3 Å². The van der Waals surface area contributed by atoms with E-state index >= 15 is 0 Å². The Morgan fingerprint density at radius 2 is 1.90 bits per heavy atom. The summed E-state index contributed by atoms with van der Waals surface area (Å²) in [6.07, 6.45) is 0. The zero-order valence-corrected chi connectivity index (χ0v) is 18.6. The van der Waals surface area contributed by atoms with Crippen LogP contribution in [0.5, 0.6) is 11.5 Å². The highest BCUT2D eigenvalue weighted by molar-refractivity contribution is 5.46. The molecule has 0 saturated heterocycles. The fraction of sp³-hybridized carbons (Fsp3) is 0.333. The molecule has 162 valence electrons. The van der Waals surface area contributed by atoms with E-state index in [2.05, 4.69) is 27.3 Å². The number of aryl methyl sites for hydroxylation is 2. The molecule has 0 unspecified atom stereocenters. The van der Waals surface area contributed by atoms with Gasteiger partial charge in [0.05, 0.1) is 13.2 Å². The second-order valence-electron chi connectivity index (χ2n) is 7.59. The van der Waals surface area contributed by atoms with Crippen molar-refractivity contribution >= 4 is 5.88 Å². The van der Waals surface area contributed by atoms with Crippen molar-refractivity contribution in [2.24, 2.45) is 0 Å². The maximum Gasteiger partial charge on any atom is 0.236 e. The molecular formula is C24H28N4O3. The minimum Gasteiger partial charge on any atom is -0.497 e. The molecule has 0 fully saturated rings. The molecule has 1 atom stereocenters. The van der Waals surface area contributed by atoms with Crippen molar-refractivity contribution in [2.75, 3.05) is 33.1 Å². The molecule has 0 aliphatic rings. The molecule has 3 rings (SSSR count). The highest BCUT2D eigenvalue weighted by Crippen LogP contribution is 2.25. The lowest BCUT2D eigenvalue weighted by Crippen LogP contribution is -2.26. The molecular weight excluding hydrogens is 392 g/mol. The van der Waals surface area contributed by atoms with Crippen LogP contribution in [0.2, 0.25) is 0 Å². The molecule has 0 radical (unpaired) electrons. The molecule has 0 saturated carbocycles. The lowest BCUT2D eigenvalue weighted by atomic mass is 10.1. The minimum absolute atomic E-state index is 0.0671. The van der Waals surface area contributed by atoms with E-state index in [0.29, 0.717) is 18.3 Å². The Kier molecular flexibility index (Phi) is 7.16. The van der Waals surface area contributed by atoms with Crippen molar-refractivity contribution < 1.29 is 13.9 Å². The summed E-state index contributed by atoms with van der Waals surface area (Å²) in [5, 5.41) is 12.7. The van der Waals surface area contributed by atoms with Gasteiger partial charge >= 0.3 is 0 Å². The molecule has 3 aromatic rings. The Morgan fingerprint density at radius 1 is 1.16 bits per heavy atom. The van der Waals surface area contributed by atoms with E-state index in [1.807, 2.05) is 64.3 Å². The van der Waals surface area contributed by atoms with Gasteiger partial charge in [-0.15, -0.1) is 0 Å². The van der Waals surface area contributed by atoms with Gasteiger partial charge in [-0.05, 0) is 57.3 Å². The maximum atomic E-state index is 9.46. The van der Waals surface area contributed by atoms with E-state index in [1.165, 1.54) is 5.56 Å². The molecule has 0 spiro atoms. The van der Waals surface area contributed by atoms with Gasteiger partial charge in [0.2, 0.25) is 17.5 Å². The van der Waals surface area contributed by atoms with Crippen LogP contribution < -0.4 is 14.8 Å². The summed E-state index contributed by atoms with van der Waals surface area (Å²) in [5.41, 5.74) is 3.55. The first-order chi connectivity index (χ1) is 14.9. The molecule has 0 aliphatic heterocycles. The smallest absolute Gasteiger partial charge is 0.236 e. The van der Waals surface area contributed by atoms with Gasteiger partial charge in [0.25, 0.3) is 0 Å². The average molecular weight is 421 g/mol. The molecule has 0 aliphatic carbocycles. The minimum atomic E-state index is 0.0671. The van der Waals surface area contributed by atoms with Crippen LogP contribution in [0, 0.1) is 25.2 Å². The lowest BCUT2D eigenvalue weighted by Gasteiger charge is -2.25. The van der Waals surface area contributed by atoms with Crippen molar-refractivity contribution in [1.29, 1.82) is 5.26 Å². The molecule has 2 aromatic carbocycles. The number of ether oxygens (including phenoxy) is 2. The number of methoxy groups -OCH3 is 1. The van der Waals surface area contributed by atoms with Crippen LogP contribution >= 0.6 is 0 Å². The van der Waals surface area contributed by atoms with Crippen LogP contribution in [-0.4, -0.2) is 37.6 Å². The number of oxazole rings is 1. The number of likely N-dealkylation sites (N-methyl/N-ethyl adjacent to an activating group) is 1. The summed E-state index contributed by atoms with van der Waals surface area (Å²) in [6, 6.07) is 16.1. The fourth-order valence-electron chi connectivity index (χ4n) is 3.34.